The molecule has 0 heterocycles. The molecule has 0 aliphatic rings. The predicted octanol–water partition coefficient (Wildman–Crippen LogP) is 1.04. The summed E-state index contributed by atoms with van der Waals surface area (Å²) in [5.74, 6) is 0. The Morgan fingerprint density at radius 3 is 1.56 bits per heavy atom. The van der Waals surface area contributed by atoms with E-state index in [1.54, 1.807) is 0 Å². The first-order valence-corrected chi connectivity index (χ1v) is 3.90. The van der Waals surface area contributed by atoms with Crippen molar-refractivity contribution in [3.05, 3.63) is 25.7 Å². The third-order valence-corrected chi connectivity index (χ3v) is 0.192. The van der Waals surface area contributed by atoms with E-state index in [1.807, 2.05) is 0 Å². The van der Waals surface area contributed by atoms with Crippen LogP contribution >= 0.6 is 10.7 Å². The van der Waals surface area contributed by atoms with Gasteiger partial charge in [0.05, 0.1) is 12.5 Å². The molecule has 5 heteroatoms. The molecule has 0 atom stereocenters. The van der Waals surface area contributed by atoms with E-state index < -0.39 is 9.92 Å². The number of hydrogen-bond donors (Lipinski definition) is 1. The normalized spacial score (nSPS) is 6.89. The molecule has 0 aromatic rings. The van der Waals surface area contributed by atoms with Crippen molar-refractivity contribution in [3.63, 3.8) is 0 Å². The quantitative estimate of drug-likeness (QED) is 0.383. The average Bonchev–Trinajstić information content (AvgIpc) is 1.66. The van der Waals surface area contributed by atoms with E-state index in [0.29, 0.717) is 0 Å². The van der Waals surface area contributed by atoms with Crippen LogP contribution in [0.4, 0.5) is 0 Å². The molecule has 0 radical (unpaired) electrons. The van der Waals surface area contributed by atoms with Gasteiger partial charge in [0.15, 0.2) is 0 Å². The topological polar surface area (TPSA) is 43.4 Å². The number of rotatable bonds is 2. The van der Waals surface area contributed by atoms with Gasteiger partial charge in [-0.15, -0.1) is 0 Å². The molecule has 54 valence electrons. The molecule has 0 unspecified atom stereocenters. The van der Waals surface area contributed by atoms with E-state index in [9.17, 15) is 0 Å². The molecule has 0 saturated heterocycles. The number of hydrogen-bond acceptors (Lipinski definition) is 3. The minimum Gasteiger partial charge on any atom is -0.474 e. The van der Waals surface area contributed by atoms with Gasteiger partial charge in [-0.1, -0.05) is 13.2 Å². The summed E-state index contributed by atoms with van der Waals surface area (Å²) in [4.78, 5) is 0. The van der Waals surface area contributed by atoms with Crippen LogP contribution in [0.3, 0.4) is 0 Å². The second kappa shape index (κ2) is 10.5. The van der Waals surface area contributed by atoms with Gasteiger partial charge in [0.2, 0.25) is 9.92 Å². The first-order valence-electron chi connectivity index (χ1n) is 1.82. The fourth-order valence-corrected chi connectivity index (χ4v) is 0.0680. The van der Waals surface area contributed by atoms with Crippen LogP contribution in [-0.4, -0.2) is 8.42 Å². The van der Waals surface area contributed by atoms with Crippen molar-refractivity contribution in [2.75, 3.05) is 0 Å². The molecule has 3 nitrogen and oxygen atoms in total. The summed E-state index contributed by atoms with van der Waals surface area (Å²) in [5.41, 5.74) is 0. The van der Waals surface area contributed by atoms with Crippen LogP contribution in [0.25, 0.3) is 0 Å². The molecule has 0 N–H and O–H groups in total. The molecule has 0 aromatic carbocycles. The molecule has 0 fully saturated rings. The van der Waals surface area contributed by atoms with E-state index in [-0.39, 0.29) is 0 Å². The summed E-state index contributed by atoms with van der Waals surface area (Å²) in [5, 5.41) is 0. The van der Waals surface area contributed by atoms with E-state index in [0.717, 1.165) is 0 Å². The van der Waals surface area contributed by atoms with Crippen LogP contribution < -0.4 is 0 Å². The van der Waals surface area contributed by atoms with Crippen LogP contribution in [0.15, 0.2) is 25.7 Å². The van der Waals surface area contributed by atoms with Crippen LogP contribution in [-0.2, 0) is 14.7 Å². The number of ether oxygens (including phenoxy) is 1. The monoisotopic (exact) mass is 170 g/mol. The molecule has 0 spiro atoms. The molecule has 0 aliphatic carbocycles. The molecule has 0 saturated carbocycles. The highest BCUT2D eigenvalue weighted by Gasteiger charge is 1.49. The predicted molar refractivity (Wildman–Crippen MR) is 37.6 cm³/mol. The first kappa shape index (κ1) is 11.3. The standard InChI is InChI=1S/C4H6O.ClHO2S/c1-3-5-4-2;1-4(2)3/h3-4H,1-2H2;4H. The van der Waals surface area contributed by atoms with Crippen molar-refractivity contribution < 1.29 is 13.2 Å². The van der Waals surface area contributed by atoms with Crippen molar-refractivity contribution in [2.24, 2.45) is 0 Å². The largest absolute Gasteiger partial charge is 0.474 e. The summed E-state index contributed by atoms with van der Waals surface area (Å²) in [6, 6.07) is 0. The van der Waals surface area contributed by atoms with Crippen molar-refractivity contribution in [1.29, 1.82) is 0 Å². The first-order chi connectivity index (χ1) is 4.15. The van der Waals surface area contributed by atoms with Crippen LogP contribution in [0, 0.1) is 0 Å². The second-order valence-corrected chi connectivity index (χ2v) is 1.94. The third-order valence-electron chi connectivity index (χ3n) is 0.192. The molecular formula is C4H7ClO3S. The average molecular weight is 171 g/mol. The molecule has 0 bridgehead atoms. The summed E-state index contributed by atoms with van der Waals surface area (Å²) < 4.78 is 22.0. The lowest BCUT2D eigenvalue weighted by molar-refractivity contribution is 0.406. The zero-order valence-electron chi connectivity index (χ0n) is 4.62. The van der Waals surface area contributed by atoms with E-state index in [4.69, 9.17) is 8.42 Å². The van der Waals surface area contributed by atoms with Crippen molar-refractivity contribution in [3.8, 4) is 0 Å². The van der Waals surface area contributed by atoms with E-state index in [1.165, 1.54) is 12.5 Å². The maximum atomic E-state index is 8.80. The molecule has 9 heavy (non-hydrogen) atoms. The highest BCUT2D eigenvalue weighted by Crippen LogP contribution is 1.65. The van der Waals surface area contributed by atoms with Gasteiger partial charge in [0, 0.05) is 10.7 Å². The van der Waals surface area contributed by atoms with Gasteiger partial charge in [-0.25, -0.2) is 8.42 Å². The Balaban J connectivity index is 0. The van der Waals surface area contributed by atoms with Crippen molar-refractivity contribution >= 4 is 20.6 Å². The van der Waals surface area contributed by atoms with Crippen LogP contribution in [0.2, 0.25) is 0 Å². The highest BCUT2D eigenvalue weighted by molar-refractivity contribution is 7.98. The fourth-order valence-electron chi connectivity index (χ4n) is 0.0680. The summed E-state index contributed by atoms with van der Waals surface area (Å²) >= 11 is 0. The lowest BCUT2D eigenvalue weighted by Crippen LogP contribution is -1.52. The van der Waals surface area contributed by atoms with E-state index >= 15 is 0 Å². The lowest BCUT2D eigenvalue weighted by Gasteiger charge is -1.76. The van der Waals surface area contributed by atoms with Gasteiger partial charge >= 0.3 is 0 Å². The van der Waals surface area contributed by atoms with E-state index in [2.05, 4.69) is 28.6 Å². The summed E-state index contributed by atoms with van der Waals surface area (Å²) in [6.45, 7) is 6.51. The number of halogens is 1. The maximum absolute atomic E-state index is 8.80. The zero-order valence-corrected chi connectivity index (χ0v) is 6.27. The SMILES string of the molecule is C=COC=C.O=[SH](=O)Cl. The Hall–Kier alpha value is -0.480. The molecule has 0 aliphatic heterocycles. The minimum absolute atomic E-state index is 1.31. The number of thiol groups is 1. The van der Waals surface area contributed by atoms with Crippen LogP contribution in [0.5, 0.6) is 0 Å². The Labute approximate surface area is 60.0 Å². The molecule has 0 aromatic heterocycles. The second-order valence-electron chi connectivity index (χ2n) is 0.682. The Kier molecular flexibility index (Phi) is 13.2. The Morgan fingerprint density at radius 1 is 1.33 bits per heavy atom. The van der Waals surface area contributed by atoms with Gasteiger partial charge in [-0.3, -0.25) is 0 Å². The molecular weight excluding hydrogens is 164 g/mol. The summed E-state index contributed by atoms with van der Waals surface area (Å²) in [7, 11) is 1.58. The van der Waals surface area contributed by atoms with Crippen molar-refractivity contribution in [1.82, 2.24) is 0 Å². The Morgan fingerprint density at radius 2 is 1.56 bits per heavy atom. The van der Waals surface area contributed by atoms with Gasteiger partial charge in [-0.2, -0.15) is 0 Å². The van der Waals surface area contributed by atoms with Gasteiger partial charge in [0.1, 0.15) is 0 Å². The van der Waals surface area contributed by atoms with Gasteiger partial charge < -0.3 is 4.74 Å². The third kappa shape index (κ3) is 99.2. The van der Waals surface area contributed by atoms with Gasteiger partial charge in [0.25, 0.3) is 0 Å². The summed E-state index contributed by atoms with van der Waals surface area (Å²) in [6.07, 6.45) is 2.62. The lowest BCUT2D eigenvalue weighted by atomic mass is 11.1. The Bertz CT molecular complexity index is 127. The maximum Gasteiger partial charge on any atom is 0.222 e. The molecule has 0 amide bonds. The smallest absolute Gasteiger partial charge is 0.222 e. The highest BCUT2D eigenvalue weighted by atomic mass is 35.7. The van der Waals surface area contributed by atoms with Crippen LogP contribution in [0.1, 0.15) is 0 Å². The fraction of sp³-hybridized carbons (Fsp3) is 0. The zero-order chi connectivity index (χ0) is 7.70. The van der Waals surface area contributed by atoms with Crippen molar-refractivity contribution in [2.45, 2.75) is 0 Å². The minimum atomic E-state index is -2.65. The molecule has 0 rings (SSSR count). The van der Waals surface area contributed by atoms with Gasteiger partial charge in [-0.05, 0) is 0 Å².